The molecule has 0 spiro atoms. The first kappa shape index (κ1) is 17.6. The van der Waals surface area contributed by atoms with Crippen molar-refractivity contribution in [3.8, 4) is 11.5 Å². The van der Waals surface area contributed by atoms with Crippen LogP contribution in [0.4, 0.5) is 0 Å². The maximum Gasteiger partial charge on any atom is 0.161 e. The fraction of sp³-hybridized carbons (Fsp3) is 0.556. The summed E-state index contributed by atoms with van der Waals surface area (Å²) in [5, 5.41) is 3.60. The fourth-order valence-corrected chi connectivity index (χ4v) is 2.27. The van der Waals surface area contributed by atoms with Gasteiger partial charge in [0.25, 0.3) is 0 Å². The first-order valence-corrected chi connectivity index (χ1v) is 8.00. The van der Waals surface area contributed by atoms with Crippen molar-refractivity contribution in [3.05, 3.63) is 36.4 Å². The molecule has 1 N–H and O–H groups in total. The number of benzene rings is 1. The molecule has 0 radical (unpaired) electrons. The van der Waals surface area contributed by atoms with Crippen LogP contribution in [0, 0.1) is 0 Å². The molecular weight excluding hydrogens is 262 g/mol. The Morgan fingerprint density at radius 1 is 1.14 bits per heavy atom. The van der Waals surface area contributed by atoms with E-state index in [0.717, 1.165) is 37.3 Å². The highest BCUT2D eigenvalue weighted by molar-refractivity contribution is 5.44. The van der Waals surface area contributed by atoms with E-state index < -0.39 is 0 Å². The third-order valence-corrected chi connectivity index (χ3v) is 3.27. The van der Waals surface area contributed by atoms with E-state index in [4.69, 9.17) is 9.47 Å². The van der Waals surface area contributed by atoms with Crippen molar-refractivity contribution in [3.63, 3.8) is 0 Å². The van der Waals surface area contributed by atoms with Crippen LogP contribution in [0.15, 0.2) is 30.9 Å². The average molecular weight is 291 g/mol. The van der Waals surface area contributed by atoms with Crippen LogP contribution in [-0.4, -0.2) is 19.8 Å². The molecule has 0 aliphatic heterocycles. The molecule has 0 saturated carbocycles. The summed E-state index contributed by atoms with van der Waals surface area (Å²) in [5.74, 6) is 1.65. The van der Waals surface area contributed by atoms with E-state index in [1.165, 1.54) is 5.56 Å². The Balaban J connectivity index is 2.94. The zero-order chi connectivity index (χ0) is 15.5. The summed E-state index contributed by atoms with van der Waals surface area (Å²) in [7, 11) is 0. The average Bonchev–Trinajstić information content (AvgIpc) is 2.50. The van der Waals surface area contributed by atoms with Crippen molar-refractivity contribution in [2.24, 2.45) is 0 Å². The molecule has 1 unspecified atom stereocenters. The number of nitrogens with one attached hydrogen (secondary N) is 1. The molecule has 0 bridgehead atoms. The van der Waals surface area contributed by atoms with Crippen LogP contribution in [0.1, 0.15) is 51.6 Å². The summed E-state index contributed by atoms with van der Waals surface area (Å²) in [6.45, 7) is 12.3. The van der Waals surface area contributed by atoms with Gasteiger partial charge in [-0.3, -0.25) is 0 Å². The second-order valence-corrected chi connectivity index (χ2v) is 4.94. The highest BCUT2D eigenvalue weighted by atomic mass is 16.5. The lowest BCUT2D eigenvalue weighted by atomic mass is 10.0. The van der Waals surface area contributed by atoms with Gasteiger partial charge in [-0.25, -0.2) is 0 Å². The van der Waals surface area contributed by atoms with Gasteiger partial charge in [-0.1, -0.05) is 19.1 Å². The van der Waals surface area contributed by atoms with Crippen molar-refractivity contribution in [1.29, 1.82) is 0 Å². The van der Waals surface area contributed by atoms with Crippen LogP contribution in [0.25, 0.3) is 0 Å². The Morgan fingerprint density at radius 2 is 1.86 bits per heavy atom. The smallest absolute Gasteiger partial charge is 0.161 e. The first-order valence-electron chi connectivity index (χ1n) is 8.00. The van der Waals surface area contributed by atoms with E-state index in [-0.39, 0.29) is 0 Å². The summed E-state index contributed by atoms with van der Waals surface area (Å²) < 4.78 is 11.3. The standard InChI is InChI=1S/C18H29NO2/c1-5-9-10-16(19-13-6-2)15-11-12-17(20-7-3)18(14-15)21-8-4/h5,11-12,14,16,19H,1,6-10,13H2,2-4H3. The molecule has 0 aromatic heterocycles. The highest BCUT2D eigenvalue weighted by Crippen LogP contribution is 2.32. The zero-order valence-corrected chi connectivity index (χ0v) is 13.7. The van der Waals surface area contributed by atoms with Crippen LogP contribution < -0.4 is 14.8 Å². The van der Waals surface area contributed by atoms with Gasteiger partial charge in [-0.15, -0.1) is 6.58 Å². The number of hydrogen-bond donors (Lipinski definition) is 1. The largest absolute Gasteiger partial charge is 0.490 e. The van der Waals surface area contributed by atoms with Crippen LogP contribution in [-0.2, 0) is 0 Å². The van der Waals surface area contributed by atoms with Crippen molar-refractivity contribution in [2.45, 2.75) is 46.1 Å². The summed E-state index contributed by atoms with van der Waals surface area (Å²) >= 11 is 0. The van der Waals surface area contributed by atoms with Crippen LogP contribution in [0.2, 0.25) is 0 Å². The Bertz CT molecular complexity index is 418. The van der Waals surface area contributed by atoms with Gasteiger partial charge >= 0.3 is 0 Å². The van der Waals surface area contributed by atoms with E-state index in [2.05, 4.69) is 31.0 Å². The quantitative estimate of drug-likeness (QED) is 0.609. The van der Waals surface area contributed by atoms with Crippen LogP contribution >= 0.6 is 0 Å². The van der Waals surface area contributed by atoms with Crippen LogP contribution in [0.3, 0.4) is 0 Å². The predicted molar refractivity (Wildman–Crippen MR) is 89.2 cm³/mol. The lowest BCUT2D eigenvalue weighted by Crippen LogP contribution is -2.22. The second kappa shape index (κ2) is 10.3. The molecular formula is C18H29NO2. The molecule has 0 amide bonds. The lowest BCUT2D eigenvalue weighted by Gasteiger charge is -2.20. The highest BCUT2D eigenvalue weighted by Gasteiger charge is 2.13. The van der Waals surface area contributed by atoms with E-state index in [1.807, 2.05) is 26.0 Å². The van der Waals surface area contributed by atoms with Crippen LogP contribution in [0.5, 0.6) is 11.5 Å². The minimum absolute atomic E-state index is 0.331. The predicted octanol–water partition coefficient (Wildman–Crippen LogP) is 4.49. The Labute approximate surface area is 129 Å². The van der Waals surface area contributed by atoms with Gasteiger partial charge in [-0.2, -0.15) is 0 Å². The Hall–Kier alpha value is -1.48. The summed E-state index contributed by atoms with van der Waals surface area (Å²) in [6, 6.07) is 6.57. The Morgan fingerprint density at radius 3 is 2.48 bits per heavy atom. The normalized spacial score (nSPS) is 12.0. The van der Waals surface area contributed by atoms with E-state index in [1.54, 1.807) is 0 Å². The number of ether oxygens (including phenoxy) is 2. The summed E-state index contributed by atoms with van der Waals surface area (Å²) in [4.78, 5) is 0. The number of hydrogen-bond acceptors (Lipinski definition) is 3. The van der Waals surface area contributed by atoms with Crippen molar-refractivity contribution in [1.82, 2.24) is 5.32 Å². The van der Waals surface area contributed by atoms with Gasteiger partial charge in [0, 0.05) is 6.04 Å². The molecule has 21 heavy (non-hydrogen) atoms. The third kappa shape index (κ3) is 5.80. The van der Waals surface area contributed by atoms with E-state index >= 15 is 0 Å². The van der Waals surface area contributed by atoms with Gasteiger partial charge in [0.2, 0.25) is 0 Å². The van der Waals surface area contributed by atoms with Gasteiger partial charge < -0.3 is 14.8 Å². The first-order chi connectivity index (χ1) is 10.3. The molecule has 1 rings (SSSR count). The van der Waals surface area contributed by atoms with Crippen molar-refractivity contribution >= 4 is 0 Å². The zero-order valence-electron chi connectivity index (χ0n) is 13.7. The number of allylic oxidation sites excluding steroid dienone is 1. The molecule has 1 aromatic rings. The van der Waals surface area contributed by atoms with Gasteiger partial charge in [-0.05, 0) is 57.4 Å². The number of rotatable bonds is 11. The lowest BCUT2D eigenvalue weighted by molar-refractivity contribution is 0.287. The maximum absolute atomic E-state index is 5.72. The molecule has 0 saturated heterocycles. The van der Waals surface area contributed by atoms with Gasteiger partial charge in [0.05, 0.1) is 13.2 Å². The molecule has 0 heterocycles. The van der Waals surface area contributed by atoms with Gasteiger partial charge in [0.15, 0.2) is 11.5 Å². The minimum atomic E-state index is 0.331. The topological polar surface area (TPSA) is 30.5 Å². The molecule has 118 valence electrons. The molecule has 0 fully saturated rings. The second-order valence-electron chi connectivity index (χ2n) is 4.94. The molecule has 3 heteroatoms. The fourth-order valence-electron chi connectivity index (χ4n) is 2.27. The molecule has 1 atom stereocenters. The minimum Gasteiger partial charge on any atom is -0.490 e. The molecule has 0 aliphatic rings. The monoisotopic (exact) mass is 291 g/mol. The molecule has 0 aliphatic carbocycles. The van der Waals surface area contributed by atoms with Crippen molar-refractivity contribution in [2.75, 3.05) is 19.8 Å². The van der Waals surface area contributed by atoms with E-state index in [0.29, 0.717) is 19.3 Å². The third-order valence-electron chi connectivity index (χ3n) is 3.27. The van der Waals surface area contributed by atoms with E-state index in [9.17, 15) is 0 Å². The maximum atomic E-state index is 5.72. The summed E-state index contributed by atoms with van der Waals surface area (Å²) in [5.41, 5.74) is 1.25. The Kier molecular flexibility index (Phi) is 8.60. The van der Waals surface area contributed by atoms with Gasteiger partial charge in [0.1, 0.15) is 0 Å². The molecule has 3 nitrogen and oxygen atoms in total. The SMILES string of the molecule is C=CCCC(NCCC)c1ccc(OCC)c(OCC)c1. The van der Waals surface area contributed by atoms with Crippen molar-refractivity contribution < 1.29 is 9.47 Å². The summed E-state index contributed by atoms with van der Waals surface area (Å²) in [6.07, 6.45) is 5.14. The molecule has 1 aromatic carbocycles.